The Kier molecular flexibility index (Phi) is 3.72. The van der Waals surface area contributed by atoms with Crippen LogP contribution < -0.4 is 5.73 Å². The van der Waals surface area contributed by atoms with Gasteiger partial charge in [0, 0.05) is 10.6 Å². The van der Waals surface area contributed by atoms with Gasteiger partial charge in [-0.3, -0.25) is 4.79 Å². The molecule has 0 fully saturated rings. The lowest BCUT2D eigenvalue weighted by atomic mass is 9.98. The van der Waals surface area contributed by atoms with E-state index in [-0.39, 0.29) is 10.6 Å². The Balaban J connectivity index is 2.71. The molecule has 2 N–H and O–H groups in total. The summed E-state index contributed by atoms with van der Waals surface area (Å²) >= 11 is 5.95. The van der Waals surface area contributed by atoms with Crippen LogP contribution in [0, 0.1) is 0 Å². The molecule has 0 aliphatic heterocycles. The van der Waals surface area contributed by atoms with Crippen LogP contribution in [0.1, 0.15) is 15.9 Å². The van der Waals surface area contributed by atoms with Gasteiger partial charge in [0.15, 0.2) is 0 Å². The molecule has 6 heteroatoms. The highest BCUT2D eigenvalue weighted by Gasteiger charge is 2.35. The van der Waals surface area contributed by atoms with E-state index in [2.05, 4.69) is 0 Å². The van der Waals surface area contributed by atoms with Crippen molar-refractivity contribution in [2.24, 2.45) is 5.73 Å². The maximum Gasteiger partial charge on any atom is 0.417 e. The average Bonchev–Trinajstić information content (AvgIpc) is 2.38. The van der Waals surface area contributed by atoms with Crippen molar-refractivity contribution in [1.29, 1.82) is 0 Å². The molecule has 20 heavy (non-hydrogen) atoms. The summed E-state index contributed by atoms with van der Waals surface area (Å²) in [5.74, 6) is -1.17. The number of benzene rings is 2. The molecule has 0 atom stereocenters. The van der Waals surface area contributed by atoms with E-state index in [1.54, 1.807) is 30.3 Å². The average molecular weight is 300 g/mol. The molecular weight excluding hydrogens is 291 g/mol. The predicted molar refractivity (Wildman–Crippen MR) is 70.4 cm³/mol. The number of nitrogens with two attached hydrogens (primary N) is 1. The fourth-order valence-electron chi connectivity index (χ4n) is 1.85. The van der Waals surface area contributed by atoms with Gasteiger partial charge in [0.1, 0.15) is 0 Å². The summed E-state index contributed by atoms with van der Waals surface area (Å²) in [5.41, 5.74) is 3.97. The molecule has 2 rings (SSSR count). The lowest BCUT2D eigenvalue weighted by molar-refractivity contribution is -0.137. The lowest BCUT2D eigenvalue weighted by Gasteiger charge is -2.14. The quantitative estimate of drug-likeness (QED) is 0.890. The van der Waals surface area contributed by atoms with E-state index in [4.69, 9.17) is 17.3 Å². The van der Waals surface area contributed by atoms with Crippen LogP contribution in [0.25, 0.3) is 11.1 Å². The van der Waals surface area contributed by atoms with Crippen molar-refractivity contribution in [2.45, 2.75) is 6.18 Å². The predicted octanol–water partition coefficient (Wildman–Crippen LogP) is 4.12. The molecule has 0 aromatic heterocycles. The van der Waals surface area contributed by atoms with Crippen molar-refractivity contribution in [1.82, 2.24) is 0 Å². The smallest absolute Gasteiger partial charge is 0.366 e. The second kappa shape index (κ2) is 5.17. The van der Waals surface area contributed by atoms with Crippen molar-refractivity contribution in [3.8, 4) is 11.1 Å². The van der Waals surface area contributed by atoms with Crippen LogP contribution in [-0.2, 0) is 6.18 Å². The van der Waals surface area contributed by atoms with Crippen molar-refractivity contribution in [3.63, 3.8) is 0 Å². The van der Waals surface area contributed by atoms with E-state index >= 15 is 0 Å². The summed E-state index contributed by atoms with van der Waals surface area (Å²) in [6.07, 6.45) is -4.68. The first-order valence-corrected chi connectivity index (χ1v) is 5.94. The number of halogens is 4. The minimum absolute atomic E-state index is 0.0398. The minimum Gasteiger partial charge on any atom is -0.366 e. The number of primary amides is 1. The summed E-state index contributed by atoms with van der Waals surface area (Å²) in [5, 5.41) is 0.0398. The second-order valence-corrected chi connectivity index (χ2v) is 4.51. The van der Waals surface area contributed by atoms with Crippen molar-refractivity contribution < 1.29 is 18.0 Å². The Labute approximate surface area is 118 Å². The molecule has 2 aromatic rings. The number of hydrogen-bond donors (Lipinski definition) is 1. The molecule has 0 bridgehead atoms. The highest BCUT2D eigenvalue weighted by molar-refractivity contribution is 6.33. The number of carbonyl (C=O) groups excluding carboxylic acids is 1. The summed E-state index contributed by atoms with van der Waals surface area (Å²) in [4.78, 5) is 11.1. The third kappa shape index (κ3) is 2.77. The van der Waals surface area contributed by atoms with Gasteiger partial charge in [0.25, 0.3) is 0 Å². The first-order chi connectivity index (χ1) is 9.30. The van der Waals surface area contributed by atoms with E-state index in [0.717, 1.165) is 12.1 Å². The van der Waals surface area contributed by atoms with E-state index < -0.39 is 23.2 Å². The molecular formula is C14H9ClF3NO. The van der Waals surface area contributed by atoms with Crippen molar-refractivity contribution in [2.75, 3.05) is 0 Å². The molecule has 0 aliphatic rings. The molecule has 0 unspecified atom stereocenters. The highest BCUT2D eigenvalue weighted by atomic mass is 35.5. The molecule has 0 aliphatic carbocycles. The zero-order chi connectivity index (χ0) is 14.9. The van der Waals surface area contributed by atoms with Gasteiger partial charge in [0.05, 0.1) is 11.1 Å². The molecule has 0 saturated carbocycles. The summed E-state index contributed by atoms with van der Waals surface area (Å²) < 4.78 is 39.0. The standard InChI is InChI=1S/C14H9ClF3NO/c15-12-7-10(13(19)20)11(14(16,17)18)6-9(12)8-4-2-1-3-5-8/h1-7H,(H2,19,20). The molecule has 104 valence electrons. The molecule has 1 amide bonds. The number of alkyl halides is 3. The Morgan fingerprint density at radius 1 is 1.10 bits per heavy atom. The Hall–Kier alpha value is -2.01. The normalized spacial score (nSPS) is 11.4. The second-order valence-electron chi connectivity index (χ2n) is 4.11. The lowest BCUT2D eigenvalue weighted by Crippen LogP contribution is -2.19. The number of amides is 1. The Morgan fingerprint density at radius 3 is 2.20 bits per heavy atom. The van der Waals surface area contributed by atoms with E-state index in [9.17, 15) is 18.0 Å². The van der Waals surface area contributed by atoms with Crippen LogP contribution >= 0.6 is 11.6 Å². The molecule has 2 nitrogen and oxygen atoms in total. The van der Waals surface area contributed by atoms with Crippen LogP contribution in [0.3, 0.4) is 0 Å². The van der Waals surface area contributed by atoms with Crippen molar-refractivity contribution >= 4 is 17.5 Å². The van der Waals surface area contributed by atoms with Gasteiger partial charge in [-0.25, -0.2) is 0 Å². The van der Waals surface area contributed by atoms with Gasteiger partial charge in [-0.1, -0.05) is 41.9 Å². The minimum atomic E-state index is -4.68. The maximum absolute atomic E-state index is 13.0. The van der Waals surface area contributed by atoms with Gasteiger partial charge in [-0.2, -0.15) is 13.2 Å². The van der Waals surface area contributed by atoms with E-state index in [1.807, 2.05) is 0 Å². The topological polar surface area (TPSA) is 43.1 Å². The van der Waals surface area contributed by atoms with Gasteiger partial charge in [-0.05, 0) is 17.7 Å². The molecule has 0 heterocycles. The van der Waals surface area contributed by atoms with E-state index in [0.29, 0.717) is 5.56 Å². The maximum atomic E-state index is 13.0. The SMILES string of the molecule is NC(=O)c1cc(Cl)c(-c2ccccc2)cc1C(F)(F)F. The van der Waals surface area contributed by atoms with Gasteiger partial charge in [0.2, 0.25) is 5.91 Å². The van der Waals surface area contributed by atoms with Crippen LogP contribution in [0.5, 0.6) is 0 Å². The molecule has 0 spiro atoms. The molecule has 2 aromatic carbocycles. The highest BCUT2D eigenvalue weighted by Crippen LogP contribution is 2.38. The van der Waals surface area contributed by atoms with Crippen LogP contribution in [0.15, 0.2) is 42.5 Å². The largest absolute Gasteiger partial charge is 0.417 e. The summed E-state index contributed by atoms with van der Waals surface area (Å²) in [6.45, 7) is 0. The Morgan fingerprint density at radius 2 is 1.70 bits per heavy atom. The van der Waals surface area contributed by atoms with Crippen LogP contribution in [0.4, 0.5) is 13.2 Å². The first-order valence-electron chi connectivity index (χ1n) is 5.56. The van der Waals surface area contributed by atoms with Gasteiger partial charge >= 0.3 is 6.18 Å². The molecule has 0 radical (unpaired) electrons. The van der Waals surface area contributed by atoms with Gasteiger partial charge < -0.3 is 5.73 Å². The first kappa shape index (κ1) is 14.4. The summed E-state index contributed by atoms with van der Waals surface area (Å²) in [7, 11) is 0. The number of carbonyl (C=O) groups is 1. The Bertz CT molecular complexity index is 653. The fourth-order valence-corrected chi connectivity index (χ4v) is 2.12. The number of hydrogen-bond acceptors (Lipinski definition) is 1. The fraction of sp³-hybridized carbons (Fsp3) is 0.0714. The number of rotatable bonds is 2. The van der Waals surface area contributed by atoms with Crippen LogP contribution in [-0.4, -0.2) is 5.91 Å². The van der Waals surface area contributed by atoms with Crippen molar-refractivity contribution in [3.05, 3.63) is 58.6 Å². The van der Waals surface area contributed by atoms with Gasteiger partial charge in [-0.15, -0.1) is 0 Å². The monoisotopic (exact) mass is 299 g/mol. The van der Waals surface area contributed by atoms with E-state index in [1.165, 1.54) is 0 Å². The third-order valence-electron chi connectivity index (χ3n) is 2.76. The summed E-state index contributed by atoms with van der Waals surface area (Å²) in [6, 6.07) is 10.2. The van der Waals surface area contributed by atoms with Crippen LogP contribution in [0.2, 0.25) is 5.02 Å². The molecule has 0 saturated heterocycles. The zero-order valence-electron chi connectivity index (χ0n) is 10.0. The zero-order valence-corrected chi connectivity index (χ0v) is 10.8. The third-order valence-corrected chi connectivity index (χ3v) is 3.08.